The van der Waals surface area contributed by atoms with Gasteiger partial charge in [0.2, 0.25) is 0 Å². The second-order valence-corrected chi connectivity index (χ2v) is 8.87. The lowest BCUT2D eigenvalue weighted by Crippen LogP contribution is -2.41. The van der Waals surface area contributed by atoms with Crippen molar-refractivity contribution in [3.8, 4) is 11.1 Å². The molecule has 0 unspecified atom stereocenters. The molecule has 2 aromatic rings. The summed E-state index contributed by atoms with van der Waals surface area (Å²) in [6.07, 6.45) is 8.47. The fraction of sp³-hybridized carbons (Fsp3) is 0.519. The van der Waals surface area contributed by atoms with Gasteiger partial charge >= 0.3 is 5.97 Å². The first-order valence-corrected chi connectivity index (χ1v) is 11.5. The second kappa shape index (κ2) is 10.8. The van der Waals surface area contributed by atoms with Crippen LogP contribution in [-0.4, -0.2) is 26.3 Å². The van der Waals surface area contributed by atoms with Gasteiger partial charge in [-0.25, -0.2) is 0 Å². The standard InChI is InChI=1S/C27H36O3/c1-21(2)14-8-6-4-5-7-13-19-30-26(28)27(20-29-3)24-17-11-9-15-22(24)23-16-10-12-18-25(23)27/h9-12,15-18,21H,4-8,13-14,19-20H2,1-3H3. The maximum atomic E-state index is 13.4. The van der Waals surface area contributed by atoms with Crippen LogP contribution in [0.1, 0.15) is 69.9 Å². The Morgan fingerprint density at radius 2 is 1.37 bits per heavy atom. The van der Waals surface area contributed by atoms with Crippen LogP contribution in [0.3, 0.4) is 0 Å². The van der Waals surface area contributed by atoms with Crippen molar-refractivity contribution < 1.29 is 14.3 Å². The second-order valence-electron chi connectivity index (χ2n) is 8.87. The Balaban J connectivity index is 1.60. The SMILES string of the molecule is COCC1(C(=O)OCCCCCCCCC(C)C)c2ccccc2-c2ccccc21. The van der Waals surface area contributed by atoms with E-state index in [0.717, 1.165) is 41.0 Å². The minimum Gasteiger partial charge on any atom is -0.465 e. The number of unbranched alkanes of at least 4 members (excludes halogenated alkanes) is 5. The molecule has 3 nitrogen and oxygen atoms in total. The molecular weight excluding hydrogens is 372 g/mol. The first-order chi connectivity index (χ1) is 14.6. The van der Waals surface area contributed by atoms with E-state index in [1.54, 1.807) is 7.11 Å². The van der Waals surface area contributed by atoms with Crippen LogP contribution in [0.4, 0.5) is 0 Å². The van der Waals surface area contributed by atoms with Crippen molar-refractivity contribution in [2.75, 3.05) is 20.3 Å². The number of rotatable bonds is 12. The monoisotopic (exact) mass is 408 g/mol. The summed E-state index contributed by atoms with van der Waals surface area (Å²) >= 11 is 0. The van der Waals surface area contributed by atoms with Gasteiger partial charge in [0.1, 0.15) is 5.41 Å². The zero-order valence-electron chi connectivity index (χ0n) is 18.8. The molecule has 0 aromatic heterocycles. The molecule has 2 aromatic carbocycles. The molecule has 0 heterocycles. The zero-order valence-corrected chi connectivity index (χ0v) is 18.8. The molecule has 0 fully saturated rings. The highest BCUT2D eigenvalue weighted by Crippen LogP contribution is 2.49. The number of carbonyl (C=O) groups is 1. The minimum atomic E-state index is -0.876. The largest absolute Gasteiger partial charge is 0.465 e. The normalized spacial score (nSPS) is 13.9. The molecular formula is C27H36O3. The average Bonchev–Trinajstić information content (AvgIpc) is 3.04. The van der Waals surface area contributed by atoms with Gasteiger partial charge < -0.3 is 9.47 Å². The van der Waals surface area contributed by atoms with E-state index in [0.29, 0.717) is 6.61 Å². The van der Waals surface area contributed by atoms with Gasteiger partial charge in [0.05, 0.1) is 13.2 Å². The van der Waals surface area contributed by atoms with Crippen LogP contribution in [0, 0.1) is 5.92 Å². The van der Waals surface area contributed by atoms with Crippen molar-refractivity contribution in [3.05, 3.63) is 59.7 Å². The molecule has 0 N–H and O–H groups in total. The zero-order chi connectivity index (χ0) is 21.4. The third-order valence-electron chi connectivity index (χ3n) is 6.18. The summed E-state index contributed by atoms with van der Waals surface area (Å²) in [5.41, 5.74) is 3.30. The third kappa shape index (κ3) is 4.78. The molecule has 0 bridgehead atoms. The van der Waals surface area contributed by atoms with E-state index in [4.69, 9.17) is 9.47 Å². The predicted molar refractivity (Wildman–Crippen MR) is 123 cm³/mol. The smallest absolute Gasteiger partial charge is 0.323 e. The lowest BCUT2D eigenvalue weighted by Gasteiger charge is -2.29. The van der Waals surface area contributed by atoms with Gasteiger partial charge in [-0.05, 0) is 34.6 Å². The lowest BCUT2D eigenvalue weighted by atomic mass is 9.79. The molecule has 0 atom stereocenters. The Morgan fingerprint density at radius 1 is 0.833 bits per heavy atom. The predicted octanol–water partition coefficient (Wildman–Crippen LogP) is 6.53. The third-order valence-corrected chi connectivity index (χ3v) is 6.18. The van der Waals surface area contributed by atoms with Crippen LogP contribution in [0.15, 0.2) is 48.5 Å². The van der Waals surface area contributed by atoms with E-state index in [9.17, 15) is 4.79 Å². The molecule has 3 heteroatoms. The molecule has 0 amide bonds. The number of hydrogen-bond donors (Lipinski definition) is 0. The average molecular weight is 409 g/mol. The van der Waals surface area contributed by atoms with Gasteiger partial charge in [0.15, 0.2) is 0 Å². The summed E-state index contributed by atoms with van der Waals surface area (Å²) < 4.78 is 11.4. The van der Waals surface area contributed by atoms with Gasteiger partial charge in [-0.3, -0.25) is 4.79 Å². The van der Waals surface area contributed by atoms with Crippen molar-refractivity contribution >= 4 is 5.97 Å². The number of carbonyl (C=O) groups excluding carboxylic acids is 1. The van der Waals surface area contributed by atoms with Crippen LogP contribution < -0.4 is 0 Å². The first-order valence-electron chi connectivity index (χ1n) is 11.5. The molecule has 1 aliphatic carbocycles. The van der Waals surface area contributed by atoms with Crippen LogP contribution >= 0.6 is 0 Å². The summed E-state index contributed by atoms with van der Waals surface area (Å²) in [6, 6.07) is 16.2. The van der Waals surface area contributed by atoms with E-state index in [2.05, 4.69) is 26.0 Å². The summed E-state index contributed by atoms with van der Waals surface area (Å²) in [7, 11) is 1.65. The van der Waals surface area contributed by atoms with Crippen LogP contribution in [0.5, 0.6) is 0 Å². The highest BCUT2D eigenvalue weighted by molar-refractivity contribution is 5.98. The Kier molecular flexibility index (Phi) is 8.09. The number of benzene rings is 2. The number of hydrogen-bond acceptors (Lipinski definition) is 3. The molecule has 0 radical (unpaired) electrons. The maximum Gasteiger partial charge on any atom is 0.323 e. The molecule has 0 aliphatic heterocycles. The van der Waals surface area contributed by atoms with E-state index < -0.39 is 5.41 Å². The van der Waals surface area contributed by atoms with Crippen LogP contribution in [0.2, 0.25) is 0 Å². The van der Waals surface area contributed by atoms with Crippen molar-refractivity contribution in [2.24, 2.45) is 5.92 Å². The molecule has 30 heavy (non-hydrogen) atoms. The van der Waals surface area contributed by atoms with Gasteiger partial charge in [-0.15, -0.1) is 0 Å². The Bertz CT molecular complexity index is 779. The number of ether oxygens (including phenoxy) is 2. The number of methoxy groups -OCH3 is 1. The number of esters is 1. The highest BCUT2D eigenvalue weighted by Gasteiger charge is 2.50. The Morgan fingerprint density at radius 3 is 1.93 bits per heavy atom. The van der Waals surface area contributed by atoms with Crippen LogP contribution in [-0.2, 0) is 19.7 Å². The lowest BCUT2D eigenvalue weighted by molar-refractivity contribution is -0.151. The summed E-state index contributed by atoms with van der Waals surface area (Å²) in [6.45, 7) is 5.33. The fourth-order valence-electron chi connectivity index (χ4n) is 4.63. The van der Waals surface area contributed by atoms with E-state index in [-0.39, 0.29) is 12.6 Å². The fourth-order valence-corrected chi connectivity index (χ4v) is 4.63. The minimum absolute atomic E-state index is 0.196. The van der Waals surface area contributed by atoms with Crippen LogP contribution in [0.25, 0.3) is 11.1 Å². The summed E-state index contributed by atoms with van der Waals surface area (Å²) in [4.78, 5) is 13.4. The molecule has 1 aliphatic rings. The maximum absolute atomic E-state index is 13.4. The van der Waals surface area contributed by atoms with Crippen molar-refractivity contribution in [1.82, 2.24) is 0 Å². The highest BCUT2D eigenvalue weighted by atomic mass is 16.5. The molecule has 0 saturated heterocycles. The Hall–Kier alpha value is -2.13. The topological polar surface area (TPSA) is 35.5 Å². The van der Waals surface area contributed by atoms with E-state index in [1.165, 1.54) is 32.1 Å². The molecule has 3 rings (SSSR count). The molecule has 162 valence electrons. The Labute approximate surface area is 181 Å². The van der Waals surface area contributed by atoms with Gasteiger partial charge in [0.25, 0.3) is 0 Å². The quantitative estimate of drug-likeness (QED) is 0.296. The van der Waals surface area contributed by atoms with Crippen molar-refractivity contribution in [1.29, 1.82) is 0 Å². The first kappa shape index (κ1) is 22.6. The summed E-state index contributed by atoms with van der Waals surface area (Å²) in [5.74, 6) is 0.605. The van der Waals surface area contributed by atoms with E-state index in [1.807, 2.05) is 36.4 Å². The van der Waals surface area contributed by atoms with E-state index >= 15 is 0 Å². The molecule has 0 saturated carbocycles. The summed E-state index contributed by atoms with van der Waals surface area (Å²) in [5, 5.41) is 0. The van der Waals surface area contributed by atoms with Gasteiger partial charge in [0, 0.05) is 7.11 Å². The van der Waals surface area contributed by atoms with Gasteiger partial charge in [-0.2, -0.15) is 0 Å². The molecule has 0 spiro atoms. The number of fused-ring (bicyclic) bond motifs is 3. The van der Waals surface area contributed by atoms with Gasteiger partial charge in [-0.1, -0.05) is 101 Å². The van der Waals surface area contributed by atoms with Crippen molar-refractivity contribution in [3.63, 3.8) is 0 Å². The van der Waals surface area contributed by atoms with Crippen molar-refractivity contribution in [2.45, 2.75) is 64.2 Å².